The molecule has 1 unspecified atom stereocenters. The Morgan fingerprint density at radius 3 is 2.43 bits per heavy atom. The van der Waals surface area contributed by atoms with Gasteiger partial charge in [-0.05, 0) is 48.1 Å². The Balaban J connectivity index is 1.58. The van der Waals surface area contributed by atoms with Gasteiger partial charge in [-0.1, -0.05) is 51.1 Å². The summed E-state index contributed by atoms with van der Waals surface area (Å²) in [6.07, 6.45) is 1.14. The highest BCUT2D eigenvalue weighted by Crippen LogP contribution is 2.31. The van der Waals surface area contributed by atoms with Gasteiger partial charge in [0.25, 0.3) is 0 Å². The molecule has 0 fully saturated rings. The van der Waals surface area contributed by atoms with E-state index in [1.807, 2.05) is 0 Å². The minimum atomic E-state index is 0.188. The molecule has 1 aliphatic heterocycles. The largest absolute Gasteiger partial charge is 0.492 e. The molecular weight excluding hydrogens is 282 g/mol. The van der Waals surface area contributed by atoms with E-state index in [2.05, 4.69) is 81.1 Å². The van der Waals surface area contributed by atoms with Crippen LogP contribution in [0.15, 0.2) is 48.5 Å². The summed E-state index contributed by atoms with van der Waals surface area (Å²) in [6, 6.07) is 17.8. The summed E-state index contributed by atoms with van der Waals surface area (Å²) in [6.45, 7) is 10.6. The molecule has 2 aromatic carbocycles. The molecule has 122 valence electrons. The molecule has 0 N–H and O–H groups in total. The number of anilines is 1. The number of hydrogen-bond acceptors (Lipinski definition) is 2. The highest BCUT2D eigenvalue weighted by molar-refractivity contribution is 5.59. The predicted octanol–water partition coefficient (Wildman–Crippen LogP) is 4.81. The Bertz CT molecular complexity index is 654. The van der Waals surface area contributed by atoms with Crippen LogP contribution in [0.4, 0.5) is 5.69 Å². The molecule has 0 spiro atoms. The number of para-hydroxylation sites is 1. The Morgan fingerprint density at radius 1 is 1.04 bits per heavy atom. The fourth-order valence-corrected chi connectivity index (χ4v) is 3.28. The van der Waals surface area contributed by atoms with Crippen LogP contribution in [0.1, 0.15) is 38.8 Å². The van der Waals surface area contributed by atoms with E-state index in [-0.39, 0.29) is 5.41 Å². The van der Waals surface area contributed by atoms with Crippen molar-refractivity contribution in [1.29, 1.82) is 0 Å². The van der Waals surface area contributed by atoms with Gasteiger partial charge in [0.15, 0.2) is 0 Å². The zero-order valence-electron chi connectivity index (χ0n) is 14.7. The molecule has 0 saturated heterocycles. The summed E-state index contributed by atoms with van der Waals surface area (Å²) >= 11 is 0. The van der Waals surface area contributed by atoms with Gasteiger partial charge in [-0.3, -0.25) is 0 Å². The maximum absolute atomic E-state index is 5.96. The van der Waals surface area contributed by atoms with Crippen molar-refractivity contribution in [3.8, 4) is 5.75 Å². The molecule has 0 aromatic heterocycles. The summed E-state index contributed by atoms with van der Waals surface area (Å²) in [7, 11) is 0. The van der Waals surface area contributed by atoms with Crippen molar-refractivity contribution in [2.75, 3.05) is 18.1 Å². The second-order valence-corrected chi connectivity index (χ2v) is 7.50. The second kappa shape index (κ2) is 6.27. The van der Waals surface area contributed by atoms with E-state index in [4.69, 9.17) is 4.74 Å². The summed E-state index contributed by atoms with van der Waals surface area (Å²) in [5, 5.41) is 0. The summed E-state index contributed by atoms with van der Waals surface area (Å²) < 4.78 is 5.96. The lowest BCUT2D eigenvalue weighted by Gasteiger charge is -2.25. The average molecular weight is 309 g/mol. The minimum absolute atomic E-state index is 0.188. The smallest absolute Gasteiger partial charge is 0.119 e. The molecule has 0 aliphatic carbocycles. The SMILES string of the molecule is CC1Cc2ccccc2N1CCOc1ccc(C(C)(C)C)cc1. The van der Waals surface area contributed by atoms with Crippen molar-refractivity contribution in [1.82, 2.24) is 0 Å². The van der Waals surface area contributed by atoms with Gasteiger partial charge in [-0.25, -0.2) is 0 Å². The summed E-state index contributed by atoms with van der Waals surface area (Å²) in [4.78, 5) is 2.46. The number of fused-ring (bicyclic) bond motifs is 1. The monoisotopic (exact) mass is 309 g/mol. The molecule has 2 aromatic rings. The Kier molecular flexibility index (Phi) is 4.34. The molecule has 23 heavy (non-hydrogen) atoms. The first-order chi connectivity index (χ1) is 10.9. The molecule has 2 heteroatoms. The van der Waals surface area contributed by atoms with E-state index in [1.165, 1.54) is 16.8 Å². The van der Waals surface area contributed by atoms with Gasteiger partial charge < -0.3 is 9.64 Å². The lowest BCUT2D eigenvalue weighted by Crippen LogP contribution is -2.33. The number of ether oxygens (including phenoxy) is 1. The van der Waals surface area contributed by atoms with Crippen LogP contribution >= 0.6 is 0 Å². The minimum Gasteiger partial charge on any atom is -0.492 e. The van der Waals surface area contributed by atoms with E-state index < -0.39 is 0 Å². The average Bonchev–Trinajstić information content (AvgIpc) is 2.83. The first-order valence-electron chi connectivity index (χ1n) is 8.53. The van der Waals surface area contributed by atoms with Crippen LogP contribution in [0.5, 0.6) is 5.75 Å². The van der Waals surface area contributed by atoms with Gasteiger partial charge >= 0.3 is 0 Å². The molecule has 0 radical (unpaired) electrons. The molecular formula is C21H27NO. The summed E-state index contributed by atoms with van der Waals surface area (Å²) in [5.41, 5.74) is 4.35. The number of benzene rings is 2. The first kappa shape index (κ1) is 15.9. The van der Waals surface area contributed by atoms with E-state index in [0.29, 0.717) is 12.6 Å². The fourth-order valence-electron chi connectivity index (χ4n) is 3.28. The highest BCUT2D eigenvalue weighted by Gasteiger charge is 2.24. The Hall–Kier alpha value is -1.96. The van der Waals surface area contributed by atoms with Crippen molar-refractivity contribution in [2.45, 2.75) is 45.6 Å². The second-order valence-electron chi connectivity index (χ2n) is 7.50. The molecule has 2 nitrogen and oxygen atoms in total. The topological polar surface area (TPSA) is 12.5 Å². The normalized spacial score (nSPS) is 17.2. The number of hydrogen-bond donors (Lipinski definition) is 0. The van der Waals surface area contributed by atoms with Crippen LogP contribution in [0.2, 0.25) is 0 Å². The molecule has 3 rings (SSSR count). The first-order valence-corrected chi connectivity index (χ1v) is 8.53. The maximum atomic E-state index is 5.96. The van der Waals surface area contributed by atoms with Crippen LogP contribution in [-0.2, 0) is 11.8 Å². The van der Waals surface area contributed by atoms with Gasteiger partial charge in [0, 0.05) is 11.7 Å². The van der Waals surface area contributed by atoms with Gasteiger partial charge in [-0.15, -0.1) is 0 Å². The van der Waals surface area contributed by atoms with Crippen molar-refractivity contribution in [2.24, 2.45) is 0 Å². The third-order valence-electron chi connectivity index (χ3n) is 4.67. The lowest BCUT2D eigenvalue weighted by molar-refractivity contribution is 0.321. The van der Waals surface area contributed by atoms with Crippen LogP contribution < -0.4 is 9.64 Å². The van der Waals surface area contributed by atoms with Crippen LogP contribution in [0.3, 0.4) is 0 Å². The molecule has 0 amide bonds. The zero-order chi connectivity index (χ0) is 16.4. The number of nitrogens with zero attached hydrogens (tertiary/aromatic N) is 1. The highest BCUT2D eigenvalue weighted by atomic mass is 16.5. The lowest BCUT2D eigenvalue weighted by atomic mass is 9.87. The van der Waals surface area contributed by atoms with E-state index in [9.17, 15) is 0 Å². The summed E-state index contributed by atoms with van der Waals surface area (Å²) in [5.74, 6) is 0.957. The molecule has 0 bridgehead atoms. The van der Waals surface area contributed by atoms with E-state index in [0.717, 1.165) is 18.7 Å². The van der Waals surface area contributed by atoms with E-state index in [1.54, 1.807) is 0 Å². The van der Waals surface area contributed by atoms with Crippen molar-refractivity contribution in [3.63, 3.8) is 0 Å². The van der Waals surface area contributed by atoms with E-state index >= 15 is 0 Å². The van der Waals surface area contributed by atoms with Crippen LogP contribution in [0, 0.1) is 0 Å². The molecule has 1 heterocycles. The molecule has 0 saturated carbocycles. The van der Waals surface area contributed by atoms with Gasteiger partial charge in [0.1, 0.15) is 12.4 Å². The van der Waals surface area contributed by atoms with Crippen LogP contribution in [0.25, 0.3) is 0 Å². The number of rotatable bonds is 4. The predicted molar refractivity (Wildman–Crippen MR) is 97.6 cm³/mol. The Labute approximate surface area is 140 Å². The van der Waals surface area contributed by atoms with Crippen molar-refractivity contribution in [3.05, 3.63) is 59.7 Å². The maximum Gasteiger partial charge on any atom is 0.119 e. The molecule has 1 atom stereocenters. The quantitative estimate of drug-likeness (QED) is 0.803. The van der Waals surface area contributed by atoms with Crippen LogP contribution in [-0.4, -0.2) is 19.2 Å². The third kappa shape index (κ3) is 3.52. The standard InChI is InChI=1S/C21H27NO/c1-16-15-17-7-5-6-8-20(17)22(16)13-14-23-19-11-9-18(10-12-19)21(2,3)4/h5-12,16H,13-15H2,1-4H3. The van der Waals surface area contributed by atoms with Gasteiger partial charge in [0.05, 0.1) is 6.54 Å². The van der Waals surface area contributed by atoms with Gasteiger partial charge in [-0.2, -0.15) is 0 Å². The Morgan fingerprint density at radius 2 is 1.74 bits per heavy atom. The fraction of sp³-hybridized carbons (Fsp3) is 0.429. The van der Waals surface area contributed by atoms with Crippen molar-refractivity contribution < 1.29 is 4.74 Å². The third-order valence-corrected chi connectivity index (χ3v) is 4.67. The zero-order valence-corrected chi connectivity index (χ0v) is 14.7. The van der Waals surface area contributed by atoms with Gasteiger partial charge in [0.2, 0.25) is 0 Å². The molecule has 1 aliphatic rings. The van der Waals surface area contributed by atoms with Crippen molar-refractivity contribution >= 4 is 5.69 Å².